The van der Waals surface area contributed by atoms with E-state index in [-0.39, 0.29) is 23.4 Å². The molecule has 6 heteroatoms. The Labute approximate surface area is 122 Å². The summed E-state index contributed by atoms with van der Waals surface area (Å²) in [4.78, 5) is 23.8. The molecule has 1 aromatic rings. The summed E-state index contributed by atoms with van der Waals surface area (Å²) in [6.07, 6.45) is 2.30. The predicted molar refractivity (Wildman–Crippen MR) is 76.7 cm³/mol. The topological polar surface area (TPSA) is 81.4 Å². The van der Waals surface area contributed by atoms with E-state index in [1.807, 2.05) is 0 Å². The van der Waals surface area contributed by atoms with E-state index >= 15 is 0 Å². The van der Waals surface area contributed by atoms with E-state index < -0.39 is 5.97 Å². The fourth-order valence-electron chi connectivity index (χ4n) is 2.39. The minimum Gasteiger partial charge on any atom is -0.465 e. The van der Waals surface area contributed by atoms with Crippen LogP contribution in [0, 0.1) is 5.92 Å². The summed E-state index contributed by atoms with van der Waals surface area (Å²) in [6, 6.07) is 4.77. The van der Waals surface area contributed by atoms with Crippen molar-refractivity contribution in [1.82, 2.24) is 0 Å². The van der Waals surface area contributed by atoms with Gasteiger partial charge in [-0.2, -0.15) is 0 Å². The Kier molecular flexibility index (Phi) is 4.62. The Morgan fingerprint density at radius 3 is 2.75 bits per heavy atom. The summed E-state index contributed by atoms with van der Waals surface area (Å²) in [6.45, 7) is 0. The summed E-state index contributed by atoms with van der Waals surface area (Å²) < 4.78 is 4.69. The first-order chi connectivity index (χ1) is 9.51. The SMILES string of the molecule is COC(=O)c1cc(Cl)ccc1NC(=O)C1CCC(N)C1. The Morgan fingerprint density at radius 1 is 1.40 bits per heavy atom. The zero-order valence-corrected chi connectivity index (χ0v) is 11.9. The third kappa shape index (κ3) is 3.29. The average Bonchev–Trinajstić information content (AvgIpc) is 2.86. The number of nitrogens with two attached hydrogens (primary N) is 1. The van der Waals surface area contributed by atoms with Gasteiger partial charge in [0.05, 0.1) is 18.4 Å². The number of hydrogen-bond acceptors (Lipinski definition) is 4. The molecule has 0 aromatic heterocycles. The van der Waals surface area contributed by atoms with Gasteiger partial charge < -0.3 is 15.8 Å². The number of carbonyl (C=O) groups is 2. The highest BCUT2D eigenvalue weighted by Crippen LogP contribution is 2.27. The lowest BCUT2D eigenvalue weighted by atomic mass is 10.1. The molecule has 0 aliphatic heterocycles. The number of nitrogens with one attached hydrogen (secondary N) is 1. The molecule has 0 spiro atoms. The van der Waals surface area contributed by atoms with E-state index in [4.69, 9.17) is 17.3 Å². The molecule has 108 valence electrons. The minimum atomic E-state index is -0.536. The van der Waals surface area contributed by atoms with Gasteiger partial charge in [-0.1, -0.05) is 11.6 Å². The number of benzene rings is 1. The first-order valence-corrected chi connectivity index (χ1v) is 6.83. The molecule has 3 N–H and O–H groups in total. The highest BCUT2D eigenvalue weighted by Gasteiger charge is 2.28. The van der Waals surface area contributed by atoms with Gasteiger partial charge in [0.15, 0.2) is 0 Å². The molecule has 0 heterocycles. The molecule has 1 fully saturated rings. The van der Waals surface area contributed by atoms with Crippen molar-refractivity contribution in [1.29, 1.82) is 0 Å². The molecule has 2 rings (SSSR count). The number of methoxy groups -OCH3 is 1. The second-order valence-corrected chi connectivity index (χ2v) is 5.38. The Hall–Kier alpha value is -1.59. The van der Waals surface area contributed by atoms with Crippen LogP contribution < -0.4 is 11.1 Å². The molecule has 1 amide bonds. The molecular formula is C14H17ClN2O3. The van der Waals surface area contributed by atoms with E-state index in [1.165, 1.54) is 13.2 Å². The van der Waals surface area contributed by atoms with Gasteiger partial charge in [-0.15, -0.1) is 0 Å². The van der Waals surface area contributed by atoms with Gasteiger partial charge in [0, 0.05) is 17.0 Å². The van der Waals surface area contributed by atoms with E-state index in [0.717, 1.165) is 12.8 Å². The third-order valence-electron chi connectivity index (χ3n) is 3.49. The number of rotatable bonds is 3. The first kappa shape index (κ1) is 14.8. The van der Waals surface area contributed by atoms with Crippen LogP contribution in [0.25, 0.3) is 0 Å². The third-order valence-corrected chi connectivity index (χ3v) is 3.72. The molecule has 20 heavy (non-hydrogen) atoms. The van der Waals surface area contributed by atoms with Gasteiger partial charge in [0.2, 0.25) is 5.91 Å². The standard InChI is InChI=1S/C14H17ClN2O3/c1-20-14(19)11-7-9(15)3-5-12(11)17-13(18)8-2-4-10(16)6-8/h3,5,7-8,10H,2,4,6,16H2,1H3,(H,17,18). The Morgan fingerprint density at radius 2 is 2.15 bits per heavy atom. The van der Waals surface area contributed by atoms with Crippen LogP contribution in [0.2, 0.25) is 5.02 Å². The van der Waals surface area contributed by atoms with Gasteiger partial charge in [-0.3, -0.25) is 4.79 Å². The molecule has 1 aromatic carbocycles. The summed E-state index contributed by atoms with van der Waals surface area (Å²) in [7, 11) is 1.28. The number of anilines is 1. The lowest BCUT2D eigenvalue weighted by molar-refractivity contribution is -0.119. The van der Waals surface area contributed by atoms with Crippen molar-refractivity contribution in [2.24, 2.45) is 11.7 Å². The number of halogens is 1. The highest BCUT2D eigenvalue weighted by atomic mass is 35.5. The zero-order chi connectivity index (χ0) is 14.7. The van der Waals surface area contributed by atoms with E-state index in [1.54, 1.807) is 12.1 Å². The van der Waals surface area contributed by atoms with Crippen LogP contribution in [0.3, 0.4) is 0 Å². The number of amides is 1. The minimum absolute atomic E-state index is 0.0797. The van der Waals surface area contributed by atoms with Gasteiger partial charge in [0.1, 0.15) is 0 Å². The Bertz CT molecular complexity index is 533. The van der Waals surface area contributed by atoms with Crippen LogP contribution >= 0.6 is 11.6 Å². The normalized spacial score (nSPS) is 21.6. The molecule has 0 radical (unpaired) electrons. The second kappa shape index (κ2) is 6.24. The summed E-state index contributed by atoms with van der Waals surface area (Å²) in [5.41, 5.74) is 6.46. The summed E-state index contributed by atoms with van der Waals surface area (Å²) in [5.74, 6) is -0.762. The van der Waals surface area contributed by atoms with Crippen molar-refractivity contribution in [3.8, 4) is 0 Å². The van der Waals surface area contributed by atoms with Gasteiger partial charge in [-0.05, 0) is 37.5 Å². The van der Waals surface area contributed by atoms with Crippen molar-refractivity contribution in [2.75, 3.05) is 12.4 Å². The quantitative estimate of drug-likeness (QED) is 0.838. The Balaban J connectivity index is 2.16. The van der Waals surface area contributed by atoms with Crippen molar-refractivity contribution < 1.29 is 14.3 Å². The molecular weight excluding hydrogens is 280 g/mol. The maximum absolute atomic E-state index is 12.2. The lowest BCUT2D eigenvalue weighted by Gasteiger charge is -2.13. The molecule has 2 unspecified atom stereocenters. The van der Waals surface area contributed by atoms with Crippen LogP contribution in [0.4, 0.5) is 5.69 Å². The molecule has 0 bridgehead atoms. The maximum Gasteiger partial charge on any atom is 0.340 e. The van der Waals surface area contributed by atoms with E-state index in [2.05, 4.69) is 10.1 Å². The van der Waals surface area contributed by atoms with E-state index in [9.17, 15) is 9.59 Å². The summed E-state index contributed by atoms with van der Waals surface area (Å²) in [5, 5.41) is 3.17. The number of esters is 1. The molecule has 1 saturated carbocycles. The van der Waals surface area contributed by atoms with Crippen LogP contribution in [0.1, 0.15) is 29.6 Å². The fourth-order valence-corrected chi connectivity index (χ4v) is 2.57. The number of hydrogen-bond donors (Lipinski definition) is 2. The van der Waals surface area contributed by atoms with Crippen molar-refractivity contribution in [3.05, 3.63) is 28.8 Å². The van der Waals surface area contributed by atoms with Crippen molar-refractivity contribution >= 4 is 29.2 Å². The molecule has 2 atom stereocenters. The van der Waals surface area contributed by atoms with Gasteiger partial charge in [0.25, 0.3) is 0 Å². The van der Waals surface area contributed by atoms with Crippen LogP contribution in [0.5, 0.6) is 0 Å². The van der Waals surface area contributed by atoms with Crippen LogP contribution in [0.15, 0.2) is 18.2 Å². The predicted octanol–water partition coefficient (Wildman–Crippen LogP) is 2.19. The molecule has 5 nitrogen and oxygen atoms in total. The van der Waals surface area contributed by atoms with Gasteiger partial charge in [-0.25, -0.2) is 4.79 Å². The zero-order valence-electron chi connectivity index (χ0n) is 11.2. The van der Waals surface area contributed by atoms with Crippen LogP contribution in [-0.4, -0.2) is 25.0 Å². The second-order valence-electron chi connectivity index (χ2n) is 4.94. The monoisotopic (exact) mass is 296 g/mol. The van der Waals surface area contributed by atoms with E-state index in [0.29, 0.717) is 17.1 Å². The summed E-state index contributed by atoms with van der Waals surface area (Å²) >= 11 is 5.86. The average molecular weight is 297 g/mol. The smallest absolute Gasteiger partial charge is 0.340 e. The molecule has 1 aliphatic rings. The number of carbonyl (C=O) groups excluding carboxylic acids is 2. The lowest BCUT2D eigenvalue weighted by Crippen LogP contribution is -2.24. The molecule has 1 aliphatic carbocycles. The largest absolute Gasteiger partial charge is 0.465 e. The van der Waals surface area contributed by atoms with Crippen molar-refractivity contribution in [2.45, 2.75) is 25.3 Å². The fraction of sp³-hybridized carbons (Fsp3) is 0.429. The highest BCUT2D eigenvalue weighted by molar-refractivity contribution is 6.31. The van der Waals surface area contributed by atoms with Gasteiger partial charge >= 0.3 is 5.97 Å². The van der Waals surface area contributed by atoms with Crippen LogP contribution in [-0.2, 0) is 9.53 Å². The maximum atomic E-state index is 12.2. The number of ether oxygens (including phenoxy) is 1. The molecule has 0 saturated heterocycles. The van der Waals surface area contributed by atoms with Crippen molar-refractivity contribution in [3.63, 3.8) is 0 Å². The first-order valence-electron chi connectivity index (χ1n) is 6.45.